The van der Waals surface area contributed by atoms with Crippen LogP contribution in [0.15, 0.2) is 122 Å². The zero-order valence-corrected chi connectivity index (χ0v) is 42.8. The number of nitrogens with two attached hydrogens (primary N) is 1. The molecule has 4 aliphatic heterocycles. The van der Waals surface area contributed by atoms with Crippen LogP contribution in [0.4, 0.5) is 14.6 Å². The predicted molar refractivity (Wildman–Crippen MR) is 269 cm³/mol. The summed E-state index contributed by atoms with van der Waals surface area (Å²) in [6.07, 6.45) is -10.5. The third-order valence-corrected chi connectivity index (χ3v) is 19.9. The summed E-state index contributed by atoms with van der Waals surface area (Å²) in [5.74, 6) is -1.91. The molecule has 18 nitrogen and oxygen atoms in total. The van der Waals surface area contributed by atoms with Gasteiger partial charge < -0.3 is 15.2 Å². The fraction of sp³-hybridized carbons (Fsp3) is 0.300. The number of carbonyl (C=O) groups is 4. The fourth-order valence-electron chi connectivity index (χ4n) is 8.55. The van der Waals surface area contributed by atoms with Crippen molar-refractivity contribution in [2.24, 2.45) is 0 Å². The van der Waals surface area contributed by atoms with Gasteiger partial charge in [-0.2, -0.15) is 0 Å². The second kappa shape index (κ2) is 21.5. The van der Waals surface area contributed by atoms with Crippen LogP contribution < -0.4 is 5.73 Å². The van der Waals surface area contributed by atoms with Crippen molar-refractivity contribution in [1.82, 2.24) is 24.4 Å². The number of ketones is 3. The van der Waals surface area contributed by atoms with Gasteiger partial charge in [-0.05, 0) is 53.8 Å². The van der Waals surface area contributed by atoms with Gasteiger partial charge in [-0.1, -0.05) is 108 Å². The van der Waals surface area contributed by atoms with Crippen LogP contribution in [-0.2, 0) is 57.8 Å². The summed E-state index contributed by atoms with van der Waals surface area (Å²) in [6, 6.07) is 27.3. The minimum absolute atomic E-state index is 0.00531. The van der Waals surface area contributed by atoms with Gasteiger partial charge in [-0.15, -0.1) is 0 Å². The molecule has 10 atom stereocenters. The van der Waals surface area contributed by atoms with E-state index in [0.717, 1.165) is 28.3 Å². The van der Waals surface area contributed by atoms with E-state index in [0.29, 0.717) is 56.1 Å². The molecule has 24 heteroatoms. The Kier molecular flexibility index (Phi) is 15.0. The molecule has 6 aromatic rings. The lowest BCUT2D eigenvalue weighted by Gasteiger charge is -2.28. The SMILES string of the molecule is Cc1ccc(C(=O)c2ccc(CSP3(=O)OC[C@H]4OC(n5cnc6c(N)ncnc65)[C@H](OP(=O)(SCc5ccc(C(=O)c6ccc(C)cc6)cc5)OC[C@H]5O[C@@H](N6C=CC(=O)CC6=O)[C@H](F)[C@@H]5O3)[C@@H]4F)cc2)cc1. The summed E-state index contributed by atoms with van der Waals surface area (Å²) in [5.41, 5.74) is 11.2. The average molecular weight is 1090 g/mol. The quantitative estimate of drug-likeness (QED) is 0.0684. The van der Waals surface area contributed by atoms with Crippen molar-refractivity contribution in [3.63, 3.8) is 0 Å². The third kappa shape index (κ3) is 11.0. The lowest BCUT2D eigenvalue weighted by molar-refractivity contribution is -0.146. The molecule has 2 N–H and O–H groups in total. The molecule has 0 aliphatic carbocycles. The van der Waals surface area contributed by atoms with Crippen LogP contribution in [0.1, 0.15) is 66.7 Å². The smallest absolute Gasteiger partial charge is 0.382 e. The van der Waals surface area contributed by atoms with Crippen LogP contribution in [0.25, 0.3) is 11.2 Å². The third-order valence-electron chi connectivity index (χ3n) is 12.6. The number of alkyl halides is 2. The first-order chi connectivity index (χ1) is 35.5. The Balaban J connectivity index is 0.968. The summed E-state index contributed by atoms with van der Waals surface area (Å²) < 4.78 is 103. The number of ether oxygens (including phenoxy) is 2. The molecule has 10 rings (SSSR count). The summed E-state index contributed by atoms with van der Waals surface area (Å²) >= 11 is 1.29. The largest absolute Gasteiger partial charge is 0.390 e. The second-order valence-corrected chi connectivity index (χ2v) is 25.9. The lowest BCUT2D eigenvalue weighted by Crippen LogP contribution is -2.44. The molecule has 2 aromatic heterocycles. The molecule has 3 fully saturated rings. The summed E-state index contributed by atoms with van der Waals surface area (Å²) in [6.45, 7) is -7.10. The summed E-state index contributed by atoms with van der Waals surface area (Å²) in [7, 11) is 0. The van der Waals surface area contributed by atoms with Crippen LogP contribution in [0, 0.1) is 13.8 Å². The van der Waals surface area contributed by atoms with E-state index in [2.05, 4.69) is 15.0 Å². The van der Waals surface area contributed by atoms with Gasteiger partial charge in [0, 0.05) is 40.0 Å². The van der Waals surface area contributed by atoms with Crippen molar-refractivity contribution in [3.05, 3.63) is 167 Å². The zero-order chi connectivity index (χ0) is 51.9. The van der Waals surface area contributed by atoms with Gasteiger partial charge in [0.15, 0.2) is 53.6 Å². The number of benzene rings is 4. The number of carbonyl (C=O) groups excluding carboxylic acids is 4. The molecule has 2 bridgehead atoms. The Labute approximate surface area is 430 Å². The molecule has 0 spiro atoms. The first-order valence-corrected chi connectivity index (χ1v) is 29.4. The Morgan fingerprint density at radius 2 is 1.18 bits per heavy atom. The minimum Gasteiger partial charge on any atom is -0.382 e. The number of amides is 1. The monoisotopic (exact) mass is 1090 g/mol. The average Bonchev–Trinajstić information content (AvgIpc) is 4.06. The number of nitrogens with zero attached hydrogens (tertiary/aromatic N) is 5. The van der Waals surface area contributed by atoms with E-state index in [1.165, 1.54) is 17.2 Å². The highest BCUT2D eigenvalue weighted by Gasteiger charge is 2.56. The Morgan fingerprint density at radius 3 is 1.72 bits per heavy atom. The molecule has 4 aromatic carbocycles. The zero-order valence-electron chi connectivity index (χ0n) is 39.4. The van der Waals surface area contributed by atoms with E-state index >= 15 is 17.9 Å². The Morgan fingerprint density at radius 1 is 0.676 bits per heavy atom. The van der Waals surface area contributed by atoms with Crippen LogP contribution in [0.3, 0.4) is 0 Å². The number of imidazole rings is 1. The number of allylic oxidation sites excluding steroid dienone is 1. The van der Waals surface area contributed by atoms with E-state index in [-0.39, 0.29) is 40.1 Å². The number of hydrogen-bond acceptors (Lipinski definition) is 18. The first kappa shape index (κ1) is 51.7. The molecule has 6 heterocycles. The van der Waals surface area contributed by atoms with Gasteiger partial charge >= 0.3 is 13.6 Å². The highest BCUT2D eigenvalue weighted by molar-refractivity contribution is 8.55. The normalized spacial score (nSPS) is 28.4. The highest BCUT2D eigenvalue weighted by Crippen LogP contribution is 2.67. The van der Waals surface area contributed by atoms with Gasteiger partial charge in [-0.3, -0.25) is 46.7 Å². The Hall–Kier alpha value is -5.77. The van der Waals surface area contributed by atoms with Crippen LogP contribution >= 0.6 is 36.4 Å². The molecule has 3 saturated heterocycles. The molecule has 0 radical (unpaired) electrons. The van der Waals surface area contributed by atoms with Gasteiger partial charge in [0.25, 0.3) is 0 Å². The number of fused-ring (bicyclic) bond motifs is 4. The predicted octanol–water partition coefficient (Wildman–Crippen LogP) is 9.00. The second-order valence-electron chi connectivity index (χ2n) is 17.8. The molecule has 4 aliphatic rings. The highest BCUT2D eigenvalue weighted by atomic mass is 32.7. The van der Waals surface area contributed by atoms with E-state index in [9.17, 15) is 19.2 Å². The maximum absolute atomic E-state index is 17.2. The molecule has 384 valence electrons. The minimum atomic E-state index is -4.68. The molecule has 1 amide bonds. The number of aryl methyl sites for hydroxylation is 2. The van der Waals surface area contributed by atoms with Crippen LogP contribution in [-0.4, -0.2) is 104 Å². The topological polar surface area (TPSA) is 231 Å². The van der Waals surface area contributed by atoms with Crippen molar-refractivity contribution in [2.75, 3.05) is 18.9 Å². The Bertz CT molecular complexity index is 3250. The molecular formula is C50H46F2N6O12P2S2. The van der Waals surface area contributed by atoms with Crippen molar-refractivity contribution >= 4 is 76.6 Å². The van der Waals surface area contributed by atoms with E-state index in [4.69, 9.17) is 33.3 Å². The summed E-state index contributed by atoms with van der Waals surface area (Å²) in [5, 5.41) is 0. The molecule has 3 unspecified atom stereocenters. The number of hydrogen-bond donors (Lipinski definition) is 1. The van der Waals surface area contributed by atoms with Crippen LogP contribution in [0.2, 0.25) is 0 Å². The number of rotatable bonds is 12. The fourth-order valence-corrected chi connectivity index (χ4v) is 15.3. The molecule has 74 heavy (non-hydrogen) atoms. The van der Waals surface area contributed by atoms with E-state index in [1.807, 2.05) is 38.1 Å². The van der Waals surface area contributed by atoms with Crippen molar-refractivity contribution in [1.29, 1.82) is 0 Å². The number of anilines is 1. The van der Waals surface area contributed by atoms with Gasteiger partial charge in [0.05, 0.1) is 26.0 Å². The van der Waals surface area contributed by atoms with Crippen LogP contribution in [0.5, 0.6) is 0 Å². The van der Waals surface area contributed by atoms with Crippen molar-refractivity contribution < 1.29 is 64.7 Å². The maximum atomic E-state index is 17.2. The van der Waals surface area contributed by atoms with Crippen molar-refractivity contribution in [3.8, 4) is 0 Å². The van der Waals surface area contributed by atoms with Crippen molar-refractivity contribution in [2.45, 2.75) is 81.0 Å². The van der Waals surface area contributed by atoms with Gasteiger partial charge in [0.1, 0.15) is 36.3 Å². The van der Waals surface area contributed by atoms with E-state index < -0.39 is 94.1 Å². The number of nitrogen functional groups attached to an aromatic ring is 1. The number of aromatic nitrogens is 4. The standard InChI is InChI=1S/C50H46F2N6O12P2S2/c1-28-3-11-32(12-4-28)43(61)34-15-7-30(8-16-34)24-73-71(63)65-22-37-40(51)46(50(67-37)58-27-56-42-47(53)54-26-55-48(42)58)70-72(64,74-25-31-9-17-35(18-10-31)44(62)33-13-5-29(2)6-14-33)66-23-38-45(69-71)41(52)49(68-38)57-20-19-36(59)21-39(57)60/h3-20,26-27,37-38,40-41,45-46,49-50H,21-25H2,1-2H3,(H2,53,54,55)/t37-,38-,40-,41-,45-,46-,49-,50?,71?,72?/m1/s1. The van der Waals surface area contributed by atoms with Gasteiger partial charge in [0.2, 0.25) is 5.91 Å². The number of halogens is 2. The molecular weight excluding hydrogens is 1040 g/mol. The summed E-state index contributed by atoms with van der Waals surface area (Å²) in [4.78, 5) is 65.2. The van der Waals surface area contributed by atoms with E-state index in [1.54, 1.807) is 72.8 Å². The molecule has 0 saturated carbocycles. The lowest BCUT2D eigenvalue weighted by atomic mass is 10.0. The maximum Gasteiger partial charge on any atom is 0.390 e. The van der Waals surface area contributed by atoms with Gasteiger partial charge in [-0.25, -0.2) is 32.9 Å². The first-order valence-electron chi connectivity index (χ1n) is 23.1.